The smallest absolute Gasteiger partial charge is 0.410 e. The molecule has 1 aromatic carbocycles. The number of amides is 1. The van der Waals surface area contributed by atoms with E-state index in [0.29, 0.717) is 31.5 Å². The van der Waals surface area contributed by atoms with Crippen LogP contribution < -0.4 is 0 Å². The fourth-order valence-corrected chi connectivity index (χ4v) is 2.91. The lowest BCUT2D eigenvalue weighted by atomic mass is 9.81. The maximum absolute atomic E-state index is 12.1. The molecule has 2 rings (SSSR count). The molecular formula is C18H25NO5. The van der Waals surface area contributed by atoms with E-state index < -0.39 is 17.2 Å². The van der Waals surface area contributed by atoms with Crippen LogP contribution in [0.15, 0.2) is 18.2 Å². The Hall–Kier alpha value is -2.08. The maximum atomic E-state index is 12.1. The number of piperidine rings is 1. The summed E-state index contributed by atoms with van der Waals surface area (Å²) in [6.07, 6.45) is 0.298. The highest BCUT2D eigenvalue weighted by Gasteiger charge is 2.37. The second-order valence-corrected chi connectivity index (χ2v) is 7.33. The summed E-state index contributed by atoms with van der Waals surface area (Å²) in [6, 6.07) is 4.76. The number of nitrogens with zero attached hydrogens (tertiary/aromatic N) is 1. The second kappa shape index (κ2) is 6.43. The molecule has 1 aliphatic rings. The molecule has 6 heteroatoms. The van der Waals surface area contributed by atoms with Gasteiger partial charge in [-0.25, -0.2) is 9.59 Å². The van der Waals surface area contributed by atoms with Gasteiger partial charge in [0.05, 0.1) is 11.2 Å². The fraction of sp³-hybridized carbons (Fsp3) is 0.556. The standard InChI is InChI=1S/C18H25NO5/c1-12-5-6-13(15(20)21)11-14(12)18(23)7-9-19(10-8-18)16(22)24-17(2,3)4/h5-6,11,23H,7-10H2,1-4H3,(H,20,21). The largest absolute Gasteiger partial charge is 0.478 e. The van der Waals surface area contributed by atoms with Gasteiger partial charge in [0.15, 0.2) is 0 Å². The molecule has 1 aliphatic heterocycles. The van der Waals surface area contributed by atoms with Crippen LogP contribution in [0.25, 0.3) is 0 Å². The van der Waals surface area contributed by atoms with E-state index in [1.54, 1.807) is 11.0 Å². The molecule has 1 heterocycles. The van der Waals surface area contributed by atoms with Crippen molar-refractivity contribution in [1.29, 1.82) is 0 Å². The first-order valence-corrected chi connectivity index (χ1v) is 8.06. The number of hydrogen-bond donors (Lipinski definition) is 2. The normalized spacial score (nSPS) is 17.5. The van der Waals surface area contributed by atoms with Crippen molar-refractivity contribution in [2.24, 2.45) is 0 Å². The van der Waals surface area contributed by atoms with Crippen molar-refractivity contribution in [3.63, 3.8) is 0 Å². The minimum absolute atomic E-state index is 0.151. The third-order valence-corrected chi connectivity index (χ3v) is 4.23. The predicted octanol–water partition coefficient (Wildman–Crippen LogP) is 2.91. The number of likely N-dealkylation sites (tertiary alicyclic amines) is 1. The highest BCUT2D eigenvalue weighted by Crippen LogP contribution is 2.35. The molecule has 0 aromatic heterocycles. The van der Waals surface area contributed by atoms with Gasteiger partial charge >= 0.3 is 12.1 Å². The SMILES string of the molecule is Cc1ccc(C(=O)O)cc1C1(O)CCN(C(=O)OC(C)(C)C)CC1. The van der Waals surface area contributed by atoms with E-state index in [4.69, 9.17) is 9.84 Å². The molecule has 24 heavy (non-hydrogen) atoms. The number of aryl methyl sites for hydroxylation is 1. The average Bonchev–Trinajstić information content (AvgIpc) is 2.46. The highest BCUT2D eigenvalue weighted by atomic mass is 16.6. The number of ether oxygens (including phenoxy) is 1. The molecule has 0 unspecified atom stereocenters. The minimum Gasteiger partial charge on any atom is -0.478 e. The van der Waals surface area contributed by atoms with Gasteiger partial charge in [-0.2, -0.15) is 0 Å². The van der Waals surface area contributed by atoms with Crippen molar-refractivity contribution in [3.05, 3.63) is 34.9 Å². The van der Waals surface area contributed by atoms with E-state index in [-0.39, 0.29) is 11.7 Å². The van der Waals surface area contributed by atoms with Gasteiger partial charge in [0.1, 0.15) is 5.60 Å². The van der Waals surface area contributed by atoms with Gasteiger partial charge in [-0.1, -0.05) is 6.07 Å². The number of rotatable bonds is 2. The lowest BCUT2D eigenvalue weighted by Crippen LogP contribution is -2.47. The summed E-state index contributed by atoms with van der Waals surface area (Å²) in [5, 5.41) is 20.1. The van der Waals surface area contributed by atoms with Gasteiger partial charge < -0.3 is 19.8 Å². The van der Waals surface area contributed by atoms with Crippen LogP contribution in [0, 0.1) is 6.92 Å². The van der Waals surface area contributed by atoms with Crippen LogP contribution in [0.3, 0.4) is 0 Å². The Morgan fingerprint density at radius 2 is 1.79 bits per heavy atom. The van der Waals surface area contributed by atoms with Crippen LogP contribution in [0.5, 0.6) is 0 Å². The molecule has 0 bridgehead atoms. The number of carboxylic acid groups (broad SMARTS) is 1. The van der Waals surface area contributed by atoms with Crippen molar-refractivity contribution in [1.82, 2.24) is 4.90 Å². The summed E-state index contributed by atoms with van der Waals surface area (Å²) < 4.78 is 5.35. The zero-order valence-corrected chi connectivity index (χ0v) is 14.6. The van der Waals surface area contributed by atoms with Crippen molar-refractivity contribution < 1.29 is 24.5 Å². The lowest BCUT2D eigenvalue weighted by Gasteiger charge is -2.39. The van der Waals surface area contributed by atoms with Crippen molar-refractivity contribution in [2.45, 2.75) is 51.7 Å². The van der Waals surface area contributed by atoms with Crippen LogP contribution >= 0.6 is 0 Å². The van der Waals surface area contributed by atoms with E-state index in [2.05, 4.69) is 0 Å². The molecule has 132 valence electrons. The number of carboxylic acids is 1. The molecule has 0 aliphatic carbocycles. The number of benzene rings is 1. The summed E-state index contributed by atoms with van der Waals surface area (Å²) >= 11 is 0. The zero-order valence-electron chi connectivity index (χ0n) is 14.6. The Morgan fingerprint density at radius 3 is 2.29 bits per heavy atom. The molecule has 1 aromatic rings. The van der Waals surface area contributed by atoms with Crippen molar-refractivity contribution in [2.75, 3.05) is 13.1 Å². The Balaban J connectivity index is 2.14. The Labute approximate surface area is 142 Å². The van der Waals surface area contributed by atoms with Crippen molar-refractivity contribution in [3.8, 4) is 0 Å². The Morgan fingerprint density at radius 1 is 1.21 bits per heavy atom. The lowest BCUT2D eigenvalue weighted by molar-refractivity contribution is -0.0359. The third-order valence-electron chi connectivity index (χ3n) is 4.23. The fourth-order valence-electron chi connectivity index (χ4n) is 2.91. The van der Waals surface area contributed by atoms with Crippen molar-refractivity contribution >= 4 is 12.1 Å². The first kappa shape index (κ1) is 18.3. The second-order valence-electron chi connectivity index (χ2n) is 7.33. The van der Waals surface area contributed by atoms with E-state index in [1.807, 2.05) is 27.7 Å². The van der Waals surface area contributed by atoms with Gasteiger partial charge in [-0.15, -0.1) is 0 Å². The summed E-state index contributed by atoms with van der Waals surface area (Å²) in [5.41, 5.74) is -0.0799. The molecule has 0 atom stereocenters. The minimum atomic E-state index is -1.13. The quantitative estimate of drug-likeness (QED) is 0.868. The maximum Gasteiger partial charge on any atom is 0.410 e. The molecule has 0 radical (unpaired) electrons. The third kappa shape index (κ3) is 4.06. The van der Waals surface area contributed by atoms with Gasteiger partial charge in [-0.05, 0) is 63.8 Å². The number of aromatic carboxylic acids is 1. The molecule has 0 spiro atoms. The van der Waals surface area contributed by atoms with Gasteiger partial charge in [0.25, 0.3) is 0 Å². The summed E-state index contributed by atoms with van der Waals surface area (Å²) in [6.45, 7) is 8.01. The molecule has 6 nitrogen and oxygen atoms in total. The van der Waals surface area contributed by atoms with Crippen LogP contribution in [0.4, 0.5) is 4.79 Å². The zero-order chi connectivity index (χ0) is 18.1. The summed E-state index contributed by atoms with van der Waals surface area (Å²) in [7, 11) is 0. The topological polar surface area (TPSA) is 87.1 Å². The van der Waals surface area contributed by atoms with Gasteiger partial charge in [-0.3, -0.25) is 0 Å². The first-order valence-electron chi connectivity index (χ1n) is 8.06. The molecule has 1 amide bonds. The Bertz CT molecular complexity index is 639. The highest BCUT2D eigenvalue weighted by molar-refractivity contribution is 5.88. The van der Waals surface area contributed by atoms with E-state index in [1.165, 1.54) is 12.1 Å². The number of carbonyl (C=O) groups excluding carboxylic acids is 1. The number of hydrogen-bond acceptors (Lipinski definition) is 4. The van der Waals surface area contributed by atoms with Crippen LogP contribution in [-0.4, -0.2) is 45.9 Å². The van der Waals surface area contributed by atoms with Crippen LogP contribution in [0.1, 0.15) is 55.1 Å². The summed E-state index contributed by atoms with van der Waals surface area (Å²) in [5.74, 6) is -1.02. The van der Waals surface area contributed by atoms with Gasteiger partial charge in [0.2, 0.25) is 0 Å². The average molecular weight is 335 g/mol. The molecular weight excluding hydrogens is 310 g/mol. The predicted molar refractivity (Wildman–Crippen MR) is 89.1 cm³/mol. The monoisotopic (exact) mass is 335 g/mol. The molecule has 2 N–H and O–H groups in total. The van der Waals surface area contributed by atoms with Crippen LogP contribution in [-0.2, 0) is 10.3 Å². The number of aliphatic hydroxyl groups is 1. The van der Waals surface area contributed by atoms with E-state index in [0.717, 1.165) is 5.56 Å². The number of carbonyl (C=O) groups is 2. The van der Waals surface area contributed by atoms with E-state index in [9.17, 15) is 14.7 Å². The Kier molecular flexibility index (Phi) is 4.90. The van der Waals surface area contributed by atoms with Gasteiger partial charge in [0, 0.05) is 13.1 Å². The first-order chi connectivity index (χ1) is 11.0. The van der Waals surface area contributed by atoms with E-state index >= 15 is 0 Å². The molecule has 1 saturated heterocycles. The van der Waals surface area contributed by atoms with Crippen LogP contribution in [0.2, 0.25) is 0 Å². The molecule has 1 fully saturated rings. The summed E-state index contributed by atoms with van der Waals surface area (Å²) in [4.78, 5) is 24.9. The molecule has 0 saturated carbocycles.